The molecule has 0 spiro atoms. The maximum atomic E-state index is 11.3. The fraction of sp³-hybridized carbons (Fsp3) is 0.611. The van der Waals surface area contributed by atoms with Crippen molar-refractivity contribution in [3.8, 4) is 0 Å². The Hall–Kier alpha value is -1.35. The lowest BCUT2D eigenvalue weighted by Gasteiger charge is -2.39. The first-order valence-electron chi connectivity index (χ1n) is 7.99. The summed E-state index contributed by atoms with van der Waals surface area (Å²) in [4.78, 5) is 13.7. The van der Waals surface area contributed by atoms with E-state index < -0.39 is 5.97 Å². The van der Waals surface area contributed by atoms with Crippen molar-refractivity contribution in [2.75, 3.05) is 13.1 Å². The highest BCUT2D eigenvalue weighted by Gasteiger charge is 2.30. The number of nitrogens with zero attached hydrogens (tertiary/aromatic N) is 1. The van der Waals surface area contributed by atoms with Gasteiger partial charge in [-0.2, -0.15) is 0 Å². The third kappa shape index (κ3) is 4.31. The van der Waals surface area contributed by atoms with Gasteiger partial charge in [-0.25, -0.2) is 0 Å². The summed E-state index contributed by atoms with van der Waals surface area (Å²) in [6, 6.07) is 9.13. The van der Waals surface area contributed by atoms with Gasteiger partial charge in [-0.3, -0.25) is 9.69 Å². The van der Waals surface area contributed by atoms with Gasteiger partial charge in [-0.1, -0.05) is 43.7 Å². The average Bonchev–Trinajstić information content (AvgIpc) is 2.46. The monoisotopic (exact) mass is 289 g/mol. The third-order valence-electron chi connectivity index (χ3n) is 4.61. The molecule has 1 N–H and O–H groups in total. The number of benzene rings is 1. The summed E-state index contributed by atoms with van der Waals surface area (Å²) in [6.07, 6.45) is 2.82. The normalized spacial score (nSPS) is 21.4. The Kier molecular flexibility index (Phi) is 5.40. The fourth-order valence-electron chi connectivity index (χ4n) is 3.26. The number of aryl methyl sites for hydroxylation is 1. The SMILES string of the molecule is Cc1ccc(CC(C(C)C)N2CCCC(C(=O)O)C2)cc1. The standard InChI is InChI=1S/C18H27NO2/c1-13(2)17(11-15-8-6-14(3)7-9-15)19-10-4-5-16(12-19)18(20)21/h6-9,13,16-17H,4-5,10-12H2,1-3H3,(H,20,21). The van der Waals surface area contributed by atoms with Gasteiger partial charge >= 0.3 is 5.97 Å². The van der Waals surface area contributed by atoms with E-state index in [4.69, 9.17) is 0 Å². The zero-order valence-electron chi connectivity index (χ0n) is 13.4. The van der Waals surface area contributed by atoms with E-state index in [9.17, 15) is 9.90 Å². The smallest absolute Gasteiger partial charge is 0.307 e. The van der Waals surface area contributed by atoms with Crippen LogP contribution in [0.2, 0.25) is 0 Å². The third-order valence-corrected chi connectivity index (χ3v) is 4.61. The molecule has 116 valence electrons. The van der Waals surface area contributed by atoms with Crippen molar-refractivity contribution in [3.05, 3.63) is 35.4 Å². The predicted molar refractivity (Wildman–Crippen MR) is 85.4 cm³/mol. The van der Waals surface area contributed by atoms with Crippen molar-refractivity contribution in [1.82, 2.24) is 4.90 Å². The summed E-state index contributed by atoms with van der Waals surface area (Å²) in [5, 5.41) is 9.27. The molecule has 1 fully saturated rings. The molecule has 1 aliphatic heterocycles. The summed E-state index contributed by atoms with van der Waals surface area (Å²) in [6.45, 7) is 8.31. The molecule has 0 radical (unpaired) electrons. The minimum absolute atomic E-state index is 0.196. The van der Waals surface area contributed by atoms with Crippen LogP contribution in [0.4, 0.5) is 0 Å². The van der Waals surface area contributed by atoms with Crippen LogP contribution >= 0.6 is 0 Å². The molecule has 2 rings (SSSR count). The highest BCUT2D eigenvalue weighted by molar-refractivity contribution is 5.70. The van der Waals surface area contributed by atoms with Crippen molar-refractivity contribution in [2.24, 2.45) is 11.8 Å². The number of rotatable bonds is 5. The second-order valence-corrected chi connectivity index (χ2v) is 6.67. The zero-order valence-corrected chi connectivity index (χ0v) is 13.4. The van der Waals surface area contributed by atoms with E-state index in [1.165, 1.54) is 11.1 Å². The van der Waals surface area contributed by atoms with Crippen LogP contribution in [-0.4, -0.2) is 35.1 Å². The van der Waals surface area contributed by atoms with E-state index in [1.807, 2.05) is 0 Å². The molecule has 1 aromatic rings. The second-order valence-electron chi connectivity index (χ2n) is 6.67. The summed E-state index contributed by atoms with van der Waals surface area (Å²) in [5.41, 5.74) is 2.63. The van der Waals surface area contributed by atoms with Gasteiger partial charge in [0.2, 0.25) is 0 Å². The molecule has 1 heterocycles. The first kappa shape index (κ1) is 16.0. The van der Waals surface area contributed by atoms with E-state index >= 15 is 0 Å². The first-order chi connectivity index (χ1) is 9.97. The number of likely N-dealkylation sites (tertiary alicyclic amines) is 1. The van der Waals surface area contributed by atoms with Gasteiger partial charge < -0.3 is 5.11 Å². The van der Waals surface area contributed by atoms with Gasteiger partial charge in [0, 0.05) is 12.6 Å². The van der Waals surface area contributed by atoms with Crippen molar-refractivity contribution < 1.29 is 9.90 Å². The molecule has 3 nitrogen and oxygen atoms in total. The molecule has 0 bridgehead atoms. The van der Waals surface area contributed by atoms with Crippen LogP contribution in [-0.2, 0) is 11.2 Å². The van der Waals surface area contributed by atoms with Crippen LogP contribution in [0.25, 0.3) is 0 Å². The lowest BCUT2D eigenvalue weighted by atomic mass is 9.90. The minimum atomic E-state index is -0.641. The van der Waals surface area contributed by atoms with Crippen LogP contribution < -0.4 is 0 Å². The van der Waals surface area contributed by atoms with Crippen molar-refractivity contribution in [2.45, 2.75) is 46.1 Å². The second kappa shape index (κ2) is 7.08. The van der Waals surface area contributed by atoms with Crippen LogP contribution in [0.3, 0.4) is 0 Å². The largest absolute Gasteiger partial charge is 0.481 e. The Balaban J connectivity index is 2.07. The van der Waals surface area contributed by atoms with E-state index in [1.54, 1.807) is 0 Å². The Morgan fingerprint density at radius 2 is 2.00 bits per heavy atom. The Morgan fingerprint density at radius 3 is 2.57 bits per heavy atom. The lowest BCUT2D eigenvalue weighted by molar-refractivity contribution is -0.144. The molecule has 0 amide bonds. The molecular formula is C18H27NO2. The average molecular weight is 289 g/mol. The molecule has 0 aromatic heterocycles. The van der Waals surface area contributed by atoms with Gasteiger partial charge in [0.15, 0.2) is 0 Å². The van der Waals surface area contributed by atoms with Crippen molar-refractivity contribution >= 4 is 5.97 Å². The summed E-state index contributed by atoms with van der Waals surface area (Å²) in [5.74, 6) is -0.311. The molecule has 0 saturated carbocycles. The molecule has 1 aromatic carbocycles. The quantitative estimate of drug-likeness (QED) is 0.903. The van der Waals surface area contributed by atoms with E-state index in [2.05, 4.69) is 49.9 Å². The number of aliphatic carboxylic acids is 1. The van der Waals surface area contributed by atoms with Crippen molar-refractivity contribution in [3.63, 3.8) is 0 Å². The van der Waals surface area contributed by atoms with Gasteiger partial charge in [0.05, 0.1) is 5.92 Å². The van der Waals surface area contributed by atoms with Gasteiger partial charge in [0.25, 0.3) is 0 Å². The van der Waals surface area contributed by atoms with Gasteiger partial charge in [0.1, 0.15) is 0 Å². The van der Waals surface area contributed by atoms with Gasteiger partial charge in [-0.15, -0.1) is 0 Å². The number of hydrogen-bond acceptors (Lipinski definition) is 2. The lowest BCUT2D eigenvalue weighted by Crippen LogP contribution is -2.47. The molecule has 1 saturated heterocycles. The predicted octanol–water partition coefficient (Wildman–Crippen LogP) is 3.36. The molecule has 21 heavy (non-hydrogen) atoms. The Bertz CT molecular complexity index is 467. The van der Waals surface area contributed by atoms with E-state index in [0.717, 1.165) is 25.8 Å². The molecule has 1 aliphatic rings. The fourth-order valence-corrected chi connectivity index (χ4v) is 3.26. The van der Waals surface area contributed by atoms with Crippen LogP contribution in [0.15, 0.2) is 24.3 Å². The van der Waals surface area contributed by atoms with E-state index in [-0.39, 0.29) is 5.92 Å². The molecule has 2 atom stereocenters. The molecular weight excluding hydrogens is 262 g/mol. The summed E-state index contributed by atoms with van der Waals surface area (Å²) < 4.78 is 0. The topological polar surface area (TPSA) is 40.5 Å². The van der Waals surface area contributed by atoms with Crippen LogP contribution in [0.1, 0.15) is 37.8 Å². The minimum Gasteiger partial charge on any atom is -0.481 e. The maximum absolute atomic E-state index is 11.3. The van der Waals surface area contributed by atoms with Gasteiger partial charge in [-0.05, 0) is 44.2 Å². The Labute approximate surface area is 128 Å². The zero-order chi connectivity index (χ0) is 15.4. The summed E-state index contributed by atoms with van der Waals surface area (Å²) in [7, 11) is 0. The molecule has 2 unspecified atom stereocenters. The Morgan fingerprint density at radius 1 is 1.33 bits per heavy atom. The van der Waals surface area contributed by atoms with Crippen LogP contribution in [0.5, 0.6) is 0 Å². The number of carbonyl (C=O) groups is 1. The van der Waals surface area contributed by atoms with Crippen LogP contribution in [0, 0.1) is 18.8 Å². The first-order valence-corrected chi connectivity index (χ1v) is 7.99. The number of hydrogen-bond donors (Lipinski definition) is 1. The number of piperidine rings is 1. The van der Waals surface area contributed by atoms with E-state index in [0.29, 0.717) is 18.5 Å². The molecule has 0 aliphatic carbocycles. The number of carboxylic acids is 1. The number of carboxylic acid groups (broad SMARTS) is 1. The summed E-state index contributed by atoms with van der Waals surface area (Å²) >= 11 is 0. The van der Waals surface area contributed by atoms with Crippen molar-refractivity contribution in [1.29, 1.82) is 0 Å². The highest BCUT2D eigenvalue weighted by atomic mass is 16.4. The maximum Gasteiger partial charge on any atom is 0.307 e. The highest BCUT2D eigenvalue weighted by Crippen LogP contribution is 2.24. The molecule has 3 heteroatoms.